The van der Waals surface area contributed by atoms with Gasteiger partial charge in [0.2, 0.25) is 5.91 Å². The third-order valence-electron chi connectivity index (χ3n) is 4.93. The lowest BCUT2D eigenvalue weighted by Gasteiger charge is -2.35. The van der Waals surface area contributed by atoms with E-state index >= 15 is 0 Å². The predicted molar refractivity (Wildman–Crippen MR) is 81.0 cm³/mol. The minimum atomic E-state index is -0.724. The van der Waals surface area contributed by atoms with Crippen LogP contribution in [0.2, 0.25) is 0 Å². The summed E-state index contributed by atoms with van der Waals surface area (Å²) in [5.41, 5.74) is 0. The van der Waals surface area contributed by atoms with Crippen LogP contribution in [0.15, 0.2) is 0 Å². The van der Waals surface area contributed by atoms with Crippen molar-refractivity contribution in [3.63, 3.8) is 0 Å². The summed E-state index contributed by atoms with van der Waals surface area (Å²) in [5.74, 6) is -0.00985. The largest absolute Gasteiger partial charge is 0.481 e. The van der Waals surface area contributed by atoms with Gasteiger partial charge in [0.1, 0.15) is 0 Å². The molecule has 0 aromatic rings. The summed E-state index contributed by atoms with van der Waals surface area (Å²) in [6.07, 6.45) is 7.05. The summed E-state index contributed by atoms with van der Waals surface area (Å²) >= 11 is 0. The van der Waals surface area contributed by atoms with Crippen LogP contribution in [-0.4, -0.2) is 47.6 Å². The van der Waals surface area contributed by atoms with Crippen LogP contribution in [0.4, 0.5) is 0 Å². The van der Waals surface area contributed by atoms with Crippen molar-refractivity contribution < 1.29 is 14.7 Å². The van der Waals surface area contributed by atoms with Crippen molar-refractivity contribution in [3.05, 3.63) is 0 Å². The highest BCUT2D eigenvalue weighted by molar-refractivity contribution is 5.78. The molecule has 2 aliphatic rings. The maximum Gasteiger partial charge on any atom is 0.303 e. The van der Waals surface area contributed by atoms with Crippen LogP contribution in [0, 0.1) is 11.8 Å². The maximum absolute atomic E-state index is 12.1. The van der Waals surface area contributed by atoms with Gasteiger partial charge >= 0.3 is 5.97 Å². The zero-order valence-electron chi connectivity index (χ0n) is 13.0. The minimum Gasteiger partial charge on any atom is -0.481 e. The number of hydrogen-bond donors (Lipinski definition) is 2. The Morgan fingerprint density at radius 1 is 1.24 bits per heavy atom. The fourth-order valence-electron chi connectivity index (χ4n) is 3.69. The van der Waals surface area contributed by atoms with Gasteiger partial charge in [-0.3, -0.25) is 14.5 Å². The van der Waals surface area contributed by atoms with Gasteiger partial charge in [-0.1, -0.05) is 19.8 Å². The summed E-state index contributed by atoms with van der Waals surface area (Å²) in [7, 11) is 0. The normalized spacial score (nSPS) is 25.7. The number of rotatable bonds is 6. The third-order valence-corrected chi connectivity index (χ3v) is 4.93. The van der Waals surface area contributed by atoms with Crippen LogP contribution in [0.1, 0.15) is 51.9 Å². The van der Waals surface area contributed by atoms with Crippen LogP contribution in [0.3, 0.4) is 0 Å². The molecule has 2 atom stereocenters. The molecule has 0 aromatic heterocycles. The zero-order valence-corrected chi connectivity index (χ0v) is 13.0. The summed E-state index contributed by atoms with van der Waals surface area (Å²) in [4.78, 5) is 25.1. The molecule has 2 N–H and O–H groups in total. The Bertz CT molecular complexity index is 367. The lowest BCUT2D eigenvalue weighted by Crippen LogP contribution is -2.45. The number of nitrogens with one attached hydrogen (secondary N) is 1. The van der Waals surface area contributed by atoms with Crippen LogP contribution >= 0.6 is 0 Å². The van der Waals surface area contributed by atoms with Gasteiger partial charge < -0.3 is 10.4 Å². The molecule has 21 heavy (non-hydrogen) atoms. The number of aliphatic carboxylic acids is 1. The maximum atomic E-state index is 12.1. The molecule has 0 spiro atoms. The Morgan fingerprint density at radius 2 is 1.95 bits per heavy atom. The average molecular weight is 296 g/mol. The van der Waals surface area contributed by atoms with Crippen LogP contribution in [0.5, 0.6) is 0 Å². The highest BCUT2D eigenvalue weighted by atomic mass is 16.4. The molecule has 0 radical (unpaired) electrons. The topological polar surface area (TPSA) is 69.6 Å². The average Bonchev–Trinajstić information content (AvgIpc) is 2.91. The molecule has 1 saturated heterocycles. The van der Waals surface area contributed by atoms with Gasteiger partial charge in [0.15, 0.2) is 0 Å². The van der Waals surface area contributed by atoms with E-state index in [1.165, 1.54) is 12.8 Å². The summed E-state index contributed by atoms with van der Waals surface area (Å²) in [6.45, 7) is 4.29. The number of amides is 1. The van der Waals surface area contributed by atoms with Gasteiger partial charge in [-0.15, -0.1) is 0 Å². The smallest absolute Gasteiger partial charge is 0.303 e. The number of likely N-dealkylation sites (tertiary alicyclic amines) is 1. The molecule has 120 valence electrons. The second-order valence-corrected chi connectivity index (χ2v) is 6.76. The molecule has 1 amide bonds. The van der Waals surface area contributed by atoms with E-state index in [1.54, 1.807) is 0 Å². The highest BCUT2D eigenvalue weighted by Gasteiger charge is 2.27. The van der Waals surface area contributed by atoms with Gasteiger partial charge in [-0.05, 0) is 44.1 Å². The van der Waals surface area contributed by atoms with Crippen LogP contribution < -0.4 is 5.32 Å². The number of carbonyl (C=O) groups excluding carboxylic acids is 1. The standard InChI is InChI=1S/C16H28N2O3/c1-12(9-16(20)21)13-5-4-8-18(10-13)11-15(19)17-14-6-2-3-7-14/h12-14H,2-11H2,1H3,(H,17,19)(H,20,21). The summed E-state index contributed by atoms with van der Waals surface area (Å²) in [5, 5.41) is 12.0. The Balaban J connectivity index is 1.75. The summed E-state index contributed by atoms with van der Waals surface area (Å²) < 4.78 is 0. The molecule has 1 aliphatic heterocycles. The van der Waals surface area contributed by atoms with Crippen molar-refractivity contribution in [2.24, 2.45) is 11.8 Å². The molecule has 1 heterocycles. The van der Waals surface area contributed by atoms with Crippen molar-refractivity contribution in [2.45, 2.75) is 57.9 Å². The van der Waals surface area contributed by atoms with Crippen molar-refractivity contribution in [3.8, 4) is 0 Å². The van der Waals surface area contributed by atoms with Gasteiger partial charge in [0, 0.05) is 19.0 Å². The first-order valence-electron chi connectivity index (χ1n) is 8.28. The Labute approximate surface area is 127 Å². The van der Waals surface area contributed by atoms with Crippen molar-refractivity contribution in [1.82, 2.24) is 10.2 Å². The van der Waals surface area contributed by atoms with E-state index in [2.05, 4.69) is 10.2 Å². The number of carboxylic acid groups (broad SMARTS) is 1. The first-order chi connectivity index (χ1) is 10.0. The van der Waals surface area contributed by atoms with Gasteiger partial charge in [-0.25, -0.2) is 0 Å². The minimum absolute atomic E-state index is 0.133. The van der Waals surface area contributed by atoms with E-state index in [0.717, 1.165) is 38.8 Å². The molecule has 2 unspecified atom stereocenters. The Hall–Kier alpha value is -1.10. The first kappa shape index (κ1) is 16.3. The first-order valence-corrected chi connectivity index (χ1v) is 8.28. The van der Waals surface area contributed by atoms with Crippen LogP contribution in [0.25, 0.3) is 0 Å². The summed E-state index contributed by atoms with van der Waals surface area (Å²) in [6, 6.07) is 0.379. The fraction of sp³-hybridized carbons (Fsp3) is 0.875. The predicted octanol–water partition coefficient (Wildman–Crippen LogP) is 1.87. The Kier molecular flexibility index (Phi) is 6.03. The molecular formula is C16H28N2O3. The van der Waals surface area contributed by atoms with Gasteiger partial charge in [0.25, 0.3) is 0 Å². The van der Waals surface area contributed by atoms with E-state index in [-0.39, 0.29) is 18.2 Å². The van der Waals surface area contributed by atoms with E-state index in [9.17, 15) is 9.59 Å². The lowest BCUT2D eigenvalue weighted by atomic mass is 9.84. The SMILES string of the molecule is CC(CC(=O)O)C1CCCN(CC(=O)NC2CCCC2)C1. The molecule has 2 fully saturated rings. The monoisotopic (exact) mass is 296 g/mol. The van der Waals surface area contributed by atoms with Gasteiger partial charge in [-0.2, -0.15) is 0 Å². The number of piperidine rings is 1. The molecule has 0 aromatic carbocycles. The zero-order chi connectivity index (χ0) is 15.2. The molecule has 5 nitrogen and oxygen atoms in total. The number of carbonyl (C=O) groups is 2. The van der Waals surface area contributed by atoms with Gasteiger partial charge in [0.05, 0.1) is 6.54 Å². The van der Waals surface area contributed by atoms with Crippen molar-refractivity contribution in [1.29, 1.82) is 0 Å². The third kappa shape index (κ3) is 5.30. The van der Waals surface area contributed by atoms with Crippen LogP contribution in [-0.2, 0) is 9.59 Å². The van der Waals surface area contributed by atoms with E-state index < -0.39 is 5.97 Å². The Morgan fingerprint density at radius 3 is 2.62 bits per heavy atom. The van der Waals surface area contributed by atoms with Crippen molar-refractivity contribution >= 4 is 11.9 Å². The quantitative estimate of drug-likeness (QED) is 0.785. The number of carboxylic acids is 1. The molecule has 5 heteroatoms. The van der Waals surface area contributed by atoms with E-state index in [4.69, 9.17) is 5.11 Å². The number of nitrogens with zero attached hydrogens (tertiary/aromatic N) is 1. The molecule has 2 rings (SSSR count). The van der Waals surface area contributed by atoms with E-state index in [0.29, 0.717) is 18.5 Å². The molecule has 0 bridgehead atoms. The van der Waals surface area contributed by atoms with Crippen molar-refractivity contribution in [2.75, 3.05) is 19.6 Å². The second-order valence-electron chi connectivity index (χ2n) is 6.76. The molecule has 1 saturated carbocycles. The lowest BCUT2D eigenvalue weighted by molar-refractivity contribution is -0.138. The highest BCUT2D eigenvalue weighted by Crippen LogP contribution is 2.26. The second kappa shape index (κ2) is 7.78. The molecular weight excluding hydrogens is 268 g/mol. The fourth-order valence-corrected chi connectivity index (χ4v) is 3.69. The molecule has 1 aliphatic carbocycles. The van der Waals surface area contributed by atoms with E-state index in [1.807, 2.05) is 6.92 Å². The number of hydrogen-bond acceptors (Lipinski definition) is 3.